The van der Waals surface area contributed by atoms with Crippen LogP contribution in [0.2, 0.25) is 0 Å². The van der Waals surface area contributed by atoms with E-state index in [0.29, 0.717) is 10.7 Å². The van der Waals surface area contributed by atoms with E-state index in [1.54, 1.807) is 15.3 Å². The fourth-order valence-electron chi connectivity index (χ4n) is 4.30. The van der Waals surface area contributed by atoms with Crippen molar-refractivity contribution in [2.24, 2.45) is 7.05 Å². The normalized spacial score (nSPS) is 15.0. The van der Waals surface area contributed by atoms with Crippen molar-refractivity contribution in [3.05, 3.63) is 60.9 Å². The molecule has 1 saturated heterocycles. The Kier molecular flexibility index (Phi) is 5.19. The second-order valence-corrected chi connectivity index (χ2v) is 9.56. The average Bonchev–Trinajstić information content (AvgIpc) is 3.46. The van der Waals surface area contributed by atoms with Crippen LogP contribution in [0.4, 0.5) is 10.1 Å². The van der Waals surface area contributed by atoms with E-state index in [1.807, 2.05) is 37.8 Å². The van der Waals surface area contributed by atoms with Gasteiger partial charge in [-0.3, -0.25) is 14.1 Å². The molecule has 0 unspecified atom stereocenters. The average molecular weight is 476 g/mol. The zero-order chi connectivity index (χ0) is 23.2. The predicted molar refractivity (Wildman–Crippen MR) is 128 cm³/mol. The van der Waals surface area contributed by atoms with Gasteiger partial charge in [-0.25, -0.2) is 4.39 Å². The number of hydrogen-bond donors (Lipinski definition) is 1. The van der Waals surface area contributed by atoms with Crippen molar-refractivity contribution >= 4 is 34.0 Å². The molecule has 1 N–H and O–H groups in total. The summed E-state index contributed by atoms with van der Waals surface area (Å²) in [6.45, 7) is 1.64. The third kappa shape index (κ3) is 3.88. The zero-order valence-corrected chi connectivity index (χ0v) is 19.3. The molecule has 0 radical (unpaired) electrons. The molecule has 5 aromatic rings. The van der Waals surface area contributed by atoms with Gasteiger partial charge in [-0.15, -0.1) is 10.2 Å². The molecule has 4 aromatic heterocycles. The van der Waals surface area contributed by atoms with Crippen molar-refractivity contribution in [3.8, 4) is 11.1 Å². The van der Waals surface area contributed by atoms with Crippen molar-refractivity contribution in [2.45, 2.75) is 29.0 Å². The highest BCUT2D eigenvalue weighted by Crippen LogP contribution is 2.32. The number of anilines is 1. The van der Waals surface area contributed by atoms with Crippen LogP contribution in [0, 0.1) is 5.82 Å². The highest BCUT2D eigenvalue weighted by Gasteiger charge is 2.18. The van der Waals surface area contributed by atoms with E-state index in [-0.39, 0.29) is 11.8 Å². The van der Waals surface area contributed by atoms with Crippen molar-refractivity contribution in [3.63, 3.8) is 0 Å². The van der Waals surface area contributed by atoms with E-state index in [1.165, 1.54) is 17.8 Å². The van der Waals surface area contributed by atoms with Gasteiger partial charge in [0.1, 0.15) is 0 Å². The molecule has 1 aromatic carbocycles. The Labute approximate surface area is 199 Å². The Morgan fingerprint density at radius 3 is 2.68 bits per heavy atom. The predicted octanol–water partition coefficient (Wildman–Crippen LogP) is 3.93. The van der Waals surface area contributed by atoms with Crippen molar-refractivity contribution < 1.29 is 9.50 Å². The van der Waals surface area contributed by atoms with Gasteiger partial charge in [-0.1, -0.05) is 0 Å². The van der Waals surface area contributed by atoms with E-state index >= 15 is 0 Å². The summed E-state index contributed by atoms with van der Waals surface area (Å²) in [5.41, 5.74) is 3.67. The molecule has 0 amide bonds. The molecular weight excluding hydrogens is 453 g/mol. The number of piperidine rings is 1. The topological polar surface area (TPSA) is 84.4 Å². The van der Waals surface area contributed by atoms with Gasteiger partial charge >= 0.3 is 0 Å². The minimum absolute atomic E-state index is 0.187. The molecule has 0 bridgehead atoms. The molecule has 5 heterocycles. The van der Waals surface area contributed by atoms with Crippen LogP contribution in [-0.4, -0.2) is 53.7 Å². The maximum absolute atomic E-state index is 14.8. The largest absolute Gasteiger partial charge is 0.393 e. The summed E-state index contributed by atoms with van der Waals surface area (Å²) in [5.74, 6) is -0.431. The van der Waals surface area contributed by atoms with E-state index < -0.39 is 5.82 Å². The van der Waals surface area contributed by atoms with Gasteiger partial charge in [-0.2, -0.15) is 5.10 Å². The van der Waals surface area contributed by atoms with Gasteiger partial charge in [-0.05, 0) is 54.9 Å². The Morgan fingerprint density at radius 2 is 1.88 bits per heavy atom. The van der Waals surface area contributed by atoms with Crippen molar-refractivity contribution in [2.75, 3.05) is 18.0 Å². The first kappa shape index (κ1) is 21.1. The number of fused-ring (bicyclic) bond motifs is 2. The van der Waals surface area contributed by atoms with Gasteiger partial charge in [0.15, 0.2) is 11.5 Å². The highest BCUT2D eigenvalue weighted by atomic mass is 32.2. The lowest BCUT2D eigenvalue weighted by atomic mass is 10.1. The van der Waals surface area contributed by atoms with Crippen molar-refractivity contribution in [1.29, 1.82) is 0 Å². The first-order valence-electron chi connectivity index (χ1n) is 11.1. The minimum Gasteiger partial charge on any atom is -0.393 e. The van der Waals surface area contributed by atoms with Gasteiger partial charge in [0.05, 0.1) is 29.7 Å². The highest BCUT2D eigenvalue weighted by molar-refractivity contribution is 7.99. The Hall–Kier alpha value is -3.50. The maximum atomic E-state index is 14.8. The second-order valence-electron chi connectivity index (χ2n) is 8.52. The molecule has 0 atom stereocenters. The lowest BCUT2D eigenvalue weighted by molar-refractivity contribution is 0.145. The van der Waals surface area contributed by atoms with Crippen LogP contribution >= 0.6 is 11.8 Å². The van der Waals surface area contributed by atoms with E-state index in [2.05, 4.69) is 37.3 Å². The summed E-state index contributed by atoms with van der Waals surface area (Å²) in [6, 6.07) is 9.62. The van der Waals surface area contributed by atoms with E-state index in [0.717, 1.165) is 53.0 Å². The Bertz CT molecular complexity index is 1510. The second kappa shape index (κ2) is 8.37. The fourth-order valence-corrected chi connectivity index (χ4v) is 5.15. The number of benzene rings is 1. The van der Waals surface area contributed by atoms with E-state index in [4.69, 9.17) is 0 Å². The molecule has 0 aliphatic carbocycles. The summed E-state index contributed by atoms with van der Waals surface area (Å²) in [6.07, 6.45) is 8.60. The first-order chi connectivity index (χ1) is 16.5. The SMILES string of the molecule is Cn1cc(-c2cc(F)c3nnc(Sc4ccc5ncc(N6CCC(O)CC6)cc5c4)n3c2)cn1. The van der Waals surface area contributed by atoms with Crippen LogP contribution < -0.4 is 4.90 Å². The third-order valence-corrected chi connectivity index (χ3v) is 7.09. The zero-order valence-electron chi connectivity index (χ0n) is 18.5. The smallest absolute Gasteiger partial charge is 0.200 e. The lowest BCUT2D eigenvalue weighted by Gasteiger charge is -2.31. The molecular formula is C24H22FN7OS. The van der Waals surface area contributed by atoms with Crippen LogP contribution in [0.5, 0.6) is 0 Å². The molecule has 10 heteroatoms. The monoisotopic (exact) mass is 475 g/mol. The number of nitrogens with zero attached hydrogens (tertiary/aromatic N) is 7. The standard InChI is InChI=1S/C24H22FN7OS/c1-30-13-17(11-27-30)16-10-21(25)23-28-29-24(32(23)14-16)34-20-2-3-22-15(9-20)8-18(12-26-22)31-6-4-19(33)5-7-31/h2-3,8-14,19,33H,4-7H2,1H3. The molecule has 8 nitrogen and oxygen atoms in total. The van der Waals surface area contributed by atoms with Crippen LogP contribution in [0.25, 0.3) is 27.7 Å². The lowest BCUT2D eigenvalue weighted by Crippen LogP contribution is -2.35. The van der Waals surface area contributed by atoms with Gasteiger partial charge in [0.25, 0.3) is 0 Å². The molecule has 1 aliphatic rings. The number of pyridine rings is 2. The summed E-state index contributed by atoms with van der Waals surface area (Å²) < 4.78 is 18.1. The Morgan fingerprint density at radius 1 is 1.03 bits per heavy atom. The molecule has 1 fully saturated rings. The van der Waals surface area contributed by atoms with Crippen LogP contribution in [0.1, 0.15) is 12.8 Å². The summed E-state index contributed by atoms with van der Waals surface area (Å²) in [5, 5.41) is 23.9. The molecule has 172 valence electrons. The quantitative estimate of drug-likeness (QED) is 0.422. The summed E-state index contributed by atoms with van der Waals surface area (Å²) >= 11 is 1.43. The number of aliphatic hydroxyl groups excluding tert-OH is 1. The number of rotatable bonds is 4. The van der Waals surface area contributed by atoms with Gasteiger partial charge < -0.3 is 10.0 Å². The fraction of sp³-hybridized carbons (Fsp3) is 0.250. The summed E-state index contributed by atoms with van der Waals surface area (Å²) in [7, 11) is 1.83. The number of aryl methyl sites for hydroxylation is 1. The maximum Gasteiger partial charge on any atom is 0.200 e. The number of aromatic nitrogens is 6. The third-order valence-electron chi connectivity index (χ3n) is 6.14. The molecule has 0 spiro atoms. The van der Waals surface area contributed by atoms with Crippen LogP contribution in [-0.2, 0) is 7.05 Å². The molecule has 0 saturated carbocycles. The number of halogens is 1. The van der Waals surface area contributed by atoms with Crippen LogP contribution in [0.3, 0.4) is 0 Å². The molecule has 6 rings (SSSR count). The number of hydrogen-bond acceptors (Lipinski definition) is 7. The van der Waals surface area contributed by atoms with Crippen molar-refractivity contribution in [1.82, 2.24) is 29.4 Å². The molecule has 34 heavy (non-hydrogen) atoms. The minimum atomic E-state index is -0.431. The molecule has 1 aliphatic heterocycles. The Balaban J connectivity index is 1.33. The number of aliphatic hydroxyl groups is 1. The summed E-state index contributed by atoms with van der Waals surface area (Å²) in [4.78, 5) is 7.84. The van der Waals surface area contributed by atoms with Gasteiger partial charge in [0, 0.05) is 53.9 Å². The first-order valence-corrected chi connectivity index (χ1v) is 11.9. The van der Waals surface area contributed by atoms with Crippen LogP contribution in [0.15, 0.2) is 65.2 Å². The van der Waals surface area contributed by atoms with E-state index in [9.17, 15) is 9.50 Å². The van der Waals surface area contributed by atoms with Gasteiger partial charge in [0.2, 0.25) is 5.16 Å².